The summed E-state index contributed by atoms with van der Waals surface area (Å²) in [6.07, 6.45) is 5.16. The number of hydrogen-bond donors (Lipinski definition) is 0. The number of aldehydes is 1. The second-order valence-electron chi connectivity index (χ2n) is 6.53. The minimum absolute atomic E-state index is 0.0960. The summed E-state index contributed by atoms with van der Waals surface area (Å²) in [5.74, 6) is -0.364. The maximum Gasteiger partial charge on any atom is 0.185 e. The smallest absolute Gasteiger partial charge is 0.185 e. The normalized spacial score (nSPS) is 18.8. The minimum atomic E-state index is -0.268. The highest BCUT2D eigenvalue weighted by atomic mass is 16.1. The van der Waals surface area contributed by atoms with E-state index in [1.54, 1.807) is 60.7 Å². The lowest BCUT2D eigenvalue weighted by Gasteiger charge is -2.21. The second-order valence-corrected chi connectivity index (χ2v) is 6.53. The van der Waals surface area contributed by atoms with Crippen LogP contribution in [0.2, 0.25) is 0 Å². The van der Waals surface area contributed by atoms with Crippen LogP contribution in [-0.2, 0) is 9.59 Å². The van der Waals surface area contributed by atoms with Gasteiger partial charge in [0.1, 0.15) is 6.29 Å². The third kappa shape index (κ3) is 4.99. The van der Waals surface area contributed by atoms with Crippen molar-refractivity contribution >= 4 is 35.6 Å². The van der Waals surface area contributed by atoms with Crippen LogP contribution in [0.1, 0.15) is 24.0 Å². The van der Waals surface area contributed by atoms with E-state index >= 15 is 0 Å². The van der Waals surface area contributed by atoms with Crippen molar-refractivity contribution in [2.45, 2.75) is 12.8 Å². The molecule has 29 heavy (non-hydrogen) atoms. The molecule has 142 valence electrons. The highest BCUT2D eigenvalue weighted by molar-refractivity contribution is 6.14. The van der Waals surface area contributed by atoms with E-state index in [4.69, 9.17) is 11.1 Å². The summed E-state index contributed by atoms with van der Waals surface area (Å²) >= 11 is 0. The van der Waals surface area contributed by atoms with Crippen LogP contribution in [-0.4, -0.2) is 12.1 Å². The molecule has 0 saturated heterocycles. The van der Waals surface area contributed by atoms with Crippen LogP contribution in [0.5, 0.6) is 0 Å². The van der Waals surface area contributed by atoms with Crippen molar-refractivity contribution in [1.29, 1.82) is 0 Å². The number of azide groups is 2. The van der Waals surface area contributed by atoms with E-state index in [-0.39, 0.29) is 11.7 Å². The number of carbonyl (C=O) groups is 2. The van der Waals surface area contributed by atoms with E-state index in [9.17, 15) is 9.59 Å². The predicted octanol–water partition coefficient (Wildman–Crippen LogP) is 6.22. The first-order chi connectivity index (χ1) is 14.1. The molecule has 2 aromatic carbocycles. The molecule has 0 aromatic heterocycles. The van der Waals surface area contributed by atoms with Crippen molar-refractivity contribution in [2.24, 2.45) is 16.1 Å². The Morgan fingerprint density at radius 1 is 0.793 bits per heavy atom. The van der Waals surface area contributed by atoms with Gasteiger partial charge in [-0.2, -0.15) is 0 Å². The van der Waals surface area contributed by atoms with Crippen LogP contribution in [0.15, 0.2) is 69.9 Å². The fourth-order valence-corrected chi connectivity index (χ4v) is 3.15. The fraction of sp³-hybridized carbons (Fsp3) is 0.143. The first-order valence-corrected chi connectivity index (χ1v) is 8.84. The minimum Gasteiger partial charge on any atom is -0.303 e. The van der Waals surface area contributed by atoms with E-state index in [0.717, 1.165) is 17.4 Å². The van der Waals surface area contributed by atoms with E-state index in [1.165, 1.54) is 0 Å². The summed E-state index contributed by atoms with van der Waals surface area (Å²) in [7, 11) is 0. The van der Waals surface area contributed by atoms with Gasteiger partial charge in [-0.15, -0.1) is 0 Å². The Hall–Kier alpha value is -4.12. The largest absolute Gasteiger partial charge is 0.303 e. The van der Waals surface area contributed by atoms with Gasteiger partial charge >= 0.3 is 0 Å². The Bertz CT molecular complexity index is 1000. The van der Waals surface area contributed by atoms with Crippen molar-refractivity contribution in [2.75, 3.05) is 0 Å². The molecule has 3 rings (SSSR count). The van der Waals surface area contributed by atoms with Crippen molar-refractivity contribution in [1.82, 2.24) is 0 Å². The molecule has 2 aromatic rings. The third-order valence-electron chi connectivity index (χ3n) is 4.53. The Kier molecular flexibility index (Phi) is 6.22. The Morgan fingerprint density at radius 2 is 1.21 bits per heavy atom. The summed E-state index contributed by atoms with van der Waals surface area (Å²) in [6, 6.07) is 13.7. The van der Waals surface area contributed by atoms with Gasteiger partial charge in [0.15, 0.2) is 5.78 Å². The van der Waals surface area contributed by atoms with Crippen LogP contribution >= 0.6 is 0 Å². The fourth-order valence-electron chi connectivity index (χ4n) is 3.15. The van der Waals surface area contributed by atoms with Crippen LogP contribution in [0.4, 0.5) is 11.4 Å². The summed E-state index contributed by atoms with van der Waals surface area (Å²) in [6.45, 7) is 0. The lowest BCUT2D eigenvalue weighted by atomic mass is 9.80. The molecule has 0 atom stereocenters. The summed E-state index contributed by atoms with van der Waals surface area (Å²) < 4.78 is 0. The topological polar surface area (TPSA) is 132 Å². The SMILES string of the molecule is [N-]=[N+]=Nc1ccc(/C=C2\CC(C=O)C/C(=C\c3ccc(N=[N+]=[N-])cc3)C2=O)cc1. The molecule has 8 heteroatoms. The molecule has 1 saturated carbocycles. The van der Waals surface area contributed by atoms with Crippen LogP contribution in [0.3, 0.4) is 0 Å². The maximum atomic E-state index is 12.9. The van der Waals surface area contributed by atoms with E-state index < -0.39 is 0 Å². The number of ketones is 1. The summed E-state index contributed by atoms with van der Waals surface area (Å²) in [5.41, 5.74) is 20.6. The molecule has 0 heterocycles. The number of Topliss-reactive ketones (excluding diaryl/α,β-unsaturated/α-hetero) is 1. The molecule has 0 bridgehead atoms. The molecule has 0 spiro atoms. The van der Waals surface area contributed by atoms with Gasteiger partial charge in [0.05, 0.1) is 0 Å². The van der Waals surface area contributed by atoms with Gasteiger partial charge in [-0.25, -0.2) is 0 Å². The van der Waals surface area contributed by atoms with Gasteiger partial charge in [0.2, 0.25) is 0 Å². The maximum absolute atomic E-state index is 12.9. The molecule has 1 aliphatic carbocycles. The molecular weight excluding hydrogens is 368 g/mol. The van der Waals surface area contributed by atoms with Crippen molar-refractivity contribution in [3.8, 4) is 0 Å². The van der Waals surface area contributed by atoms with Crippen molar-refractivity contribution in [3.63, 3.8) is 0 Å². The highest BCUT2D eigenvalue weighted by Crippen LogP contribution is 2.32. The van der Waals surface area contributed by atoms with Crippen LogP contribution < -0.4 is 0 Å². The molecular formula is C21H16N6O2. The van der Waals surface area contributed by atoms with E-state index in [0.29, 0.717) is 35.4 Å². The van der Waals surface area contributed by atoms with Crippen molar-refractivity contribution in [3.05, 3.63) is 91.7 Å². The number of benzene rings is 2. The van der Waals surface area contributed by atoms with Gasteiger partial charge in [-0.05, 0) is 47.2 Å². The van der Waals surface area contributed by atoms with Gasteiger partial charge in [0, 0.05) is 38.3 Å². The molecule has 1 aliphatic rings. The molecule has 1 fully saturated rings. The van der Waals surface area contributed by atoms with E-state index in [2.05, 4.69) is 20.1 Å². The molecule has 8 nitrogen and oxygen atoms in total. The number of nitrogens with zero attached hydrogens (tertiary/aromatic N) is 6. The quantitative estimate of drug-likeness (QED) is 0.199. The zero-order valence-electron chi connectivity index (χ0n) is 15.3. The van der Waals surface area contributed by atoms with Gasteiger partial charge in [-0.3, -0.25) is 4.79 Å². The Labute approximate surface area is 166 Å². The number of carbonyl (C=O) groups excluding carboxylic acids is 2. The zero-order chi connectivity index (χ0) is 20.6. The molecule has 0 radical (unpaired) electrons. The Balaban J connectivity index is 1.90. The Morgan fingerprint density at radius 3 is 1.55 bits per heavy atom. The molecule has 0 N–H and O–H groups in total. The first-order valence-electron chi connectivity index (χ1n) is 8.84. The molecule has 0 unspecified atom stereocenters. The molecule has 0 aliphatic heterocycles. The lowest BCUT2D eigenvalue weighted by molar-refractivity contribution is -0.114. The third-order valence-corrected chi connectivity index (χ3v) is 4.53. The highest BCUT2D eigenvalue weighted by Gasteiger charge is 2.27. The van der Waals surface area contributed by atoms with Gasteiger partial charge in [0.25, 0.3) is 0 Å². The van der Waals surface area contributed by atoms with E-state index in [1.807, 2.05) is 0 Å². The number of hydrogen-bond acceptors (Lipinski definition) is 4. The average molecular weight is 384 g/mol. The average Bonchev–Trinajstić information content (AvgIpc) is 2.74. The monoisotopic (exact) mass is 384 g/mol. The first kappa shape index (κ1) is 19.6. The standard InChI is InChI=1S/C21H16N6O2/c22-26-24-19-5-1-14(2-6-19)9-17-11-16(13-28)12-18(21(17)29)10-15-3-7-20(8-4-15)25-27-23/h1-10,13,16H,11-12H2/b17-9+,18-10+. The van der Waals surface area contributed by atoms with Crippen LogP contribution in [0.25, 0.3) is 33.0 Å². The molecule has 0 amide bonds. The number of allylic oxidation sites excluding steroid dienone is 2. The van der Waals surface area contributed by atoms with Crippen molar-refractivity contribution < 1.29 is 9.59 Å². The number of rotatable bonds is 5. The van der Waals surface area contributed by atoms with Gasteiger partial charge < -0.3 is 4.79 Å². The van der Waals surface area contributed by atoms with Gasteiger partial charge in [-0.1, -0.05) is 58.8 Å². The predicted molar refractivity (Wildman–Crippen MR) is 110 cm³/mol. The second kappa shape index (κ2) is 9.19. The zero-order valence-corrected chi connectivity index (χ0v) is 15.3. The lowest BCUT2D eigenvalue weighted by Crippen LogP contribution is -2.20. The summed E-state index contributed by atoms with van der Waals surface area (Å²) in [4.78, 5) is 29.9. The summed E-state index contributed by atoms with van der Waals surface area (Å²) in [5, 5.41) is 7.05. The van der Waals surface area contributed by atoms with Crippen LogP contribution in [0, 0.1) is 5.92 Å².